The van der Waals surface area contributed by atoms with Gasteiger partial charge in [-0.3, -0.25) is 38.8 Å². The summed E-state index contributed by atoms with van der Waals surface area (Å²) in [7, 11) is 0. The molecule has 6 bridgehead atoms. The average Bonchev–Trinajstić information content (AvgIpc) is 1.66. The van der Waals surface area contributed by atoms with E-state index in [2.05, 4.69) is 167 Å². The van der Waals surface area contributed by atoms with Crippen molar-refractivity contribution in [2.24, 2.45) is 11.8 Å². The number of hydrogen-bond acceptors (Lipinski definition) is 9. The predicted molar refractivity (Wildman–Crippen MR) is 447 cm³/mol. The van der Waals surface area contributed by atoms with Crippen LogP contribution in [0.1, 0.15) is 255 Å². The van der Waals surface area contributed by atoms with Crippen LogP contribution in [0.4, 0.5) is 0 Å². The number of aromatic nitrogens is 4. The molecule has 108 heavy (non-hydrogen) atoms. The molecule has 6 saturated heterocycles. The first kappa shape index (κ1) is 78.8. The zero-order valence-electron chi connectivity index (χ0n) is 67.0. The lowest BCUT2D eigenvalue weighted by atomic mass is 9.86. The smallest absolute Gasteiger partial charge is 0.161 e. The minimum absolute atomic E-state index is 0.141. The fourth-order valence-corrected chi connectivity index (χ4v) is 20.7. The van der Waals surface area contributed by atoms with Crippen LogP contribution in [-0.4, -0.2) is 155 Å². The van der Waals surface area contributed by atoms with E-state index in [-0.39, 0.29) is 23.1 Å². The highest BCUT2D eigenvalue weighted by Gasteiger charge is 2.42. The summed E-state index contributed by atoms with van der Waals surface area (Å²) < 4.78 is 9.12. The number of carbonyl (C=O) groups is 4. The molecule has 11 heterocycles. The second kappa shape index (κ2) is 38.1. The molecule has 9 aromatic rings. The highest BCUT2D eigenvalue weighted by atomic mass is 16.1. The van der Waals surface area contributed by atoms with E-state index < -0.39 is 0 Å². The lowest BCUT2D eigenvalue weighted by molar-refractivity contribution is 0.0645. The topological polar surface area (TPSA) is 104 Å². The first-order valence-electron chi connectivity index (χ1n) is 42.9. The Hall–Kier alpha value is -7.26. The van der Waals surface area contributed by atoms with Crippen LogP contribution >= 0.6 is 0 Å². The summed E-state index contributed by atoms with van der Waals surface area (Å²) in [4.78, 5) is 61.5. The zero-order chi connectivity index (χ0) is 75.0. The van der Waals surface area contributed by atoms with Crippen LogP contribution in [0.15, 0.2) is 146 Å². The van der Waals surface area contributed by atoms with Crippen LogP contribution in [0.2, 0.25) is 0 Å². The lowest BCUT2D eigenvalue weighted by Crippen LogP contribution is -2.54. The summed E-state index contributed by atoms with van der Waals surface area (Å²) in [5.41, 5.74) is 11.1. The summed E-state index contributed by atoms with van der Waals surface area (Å²) in [6.07, 6.45) is 42.0. The van der Waals surface area contributed by atoms with Crippen LogP contribution < -0.4 is 0 Å². The van der Waals surface area contributed by atoms with Gasteiger partial charge >= 0.3 is 0 Å². The molecule has 13 heteroatoms. The Morgan fingerprint density at radius 3 is 0.981 bits per heavy atom. The Morgan fingerprint density at radius 2 is 0.630 bits per heavy atom. The van der Waals surface area contributed by atoms with E-state index in [1.54, 1.807) is 27.7 Å². The number of unbranched alkanes of at least 4 members (excludes halogenated alkanes) is 5. The van der Waals surface area contributed by atoms with E-state index in [1.807, 2.05) is 42.6 Å². The number of rotatable bonds is 31. The highest BCUT2D eigenvalue weighted by molar-refractivity contribution is 6.09. The minimum Gasteiger partial charge on any atom is -0.347 e. The van der Waals surface area contributed by atoms with Gasteiger partial charge in [-0.2, -0.15) is 0 Å². The molecule has 5 aromatic carbocycles. The van der Waals surface area contributed by atoms with Gasteiger partial charge in [0.15, 0.2) is 23.1 Å². The number of ketones is 4. The second-order valence-corrected chi connectivity index (χ2v) is 33.6. The van der Waals surface area contributed by atoms with Gasteiger partial charge in [0.25, 0.3) is 0 Å². The van der Waals surface area contributed by atoms with Crippen molar-refractivity contribution in [1.82, 2.24) is 42.8 Å². The molecule has 7 aliphatic heterocycles. The Morgan fingerprint density at radius 1 is 0.324 bits per heavy atom. The van der Waals surface area contributed by atoms with E-state index in [0.29, 0.717) is 0 Å². The van der Waals surface area contributed by atoms with Crippen molar-refractivity contribution in [2.45, 2.75) is 278 Å². The first-order valence-corrected chi connectivity index (χ1v) is 42.9. The van der Waals surface area contributed by atoms with Gasteiger partial charge in [-0.1, -0.05) is 176 Å². The second-order valence-electron chi connectivity index (χ2n) is 33.6. The molecule has 13 nitrogen and oxygen atoms in total. The van der Waals surface area contributed by atoms with E-state index in [4.69, 9.17) is 0 Å². The molecule has 8 atom stereocenters. The Balaban J connectivity index is 0.000000127. The number of likely N-dealkylation sites (tertiary alicyclic amines) is 1. The van der Waals surface area contributed by atoms with E-state index in [9.17, 15) is 19.2 Å². The third kappa shape index (κ3) is 19.2. The van der Waals surface area contributed by atoms with Gasteiger partial charge in [0, 0.05) is 205 Å². The maximum atomic E-state index is 12.0. The highest BCUT2D eigenvalue weighted by Crippen LogP contribution is 2.43. The molecule has 578 valence electrons. The first-order chi connectivity index (χ1) is 52.7. The number of carbonyl (C=O) groups excluding carboxylic acids is 4. The average molecular weight is 1460 g/mol. The number of fused-ring (bicyclic) bond motifs is 11. The number of para-hydroxylation sites is 4. The summed E-state index contributed by atoms with van der Waals surface area (Å²) in [5, 5.41) is 4.36. The molecule has 0 saturated carbocycles. The van der Waals surface area contributed by atoms with Crippen molar-refractivity contribution in [1.29, 1.82) is 0 Å². The van der Waals surface area contributed by atoms with Crippen molar-refractivity contribution in [3.05, 3.63) is 179 Å². The SMILES string of the molecule is CC(=O)c1cn(CCCN2CCc3ccccc3C2)c2ccccc12.CCCCCC1C[C@H]2CC[C@@H](C1)N2CCCn1cc(C(C)=O)c2ccccc21.CCCCCC1C[C@H]2CC[C@@H](C1)N2CCCn1cc(C(C)=O)c2ccccc21.CCCCN1CC2CCC(C1)N2CCCn1cc(C(C)=O)c2ccccc21. The molecule has 0 radical (unpaired) electrons. The molecule has 0 amide bonds. The van der Waals surface area contributed by atoms with E-state index in [0.717, 1.165) is 162 Å². The van der Waals surface area contributed by atoms with E-state index >= 15 is 0 Å². The molecule has 0 aliphatic carbocycles. The molecule has 4 unspecified atom stereocenters. The Kier molecular flexibility index (Phi) is 27.8. The summed E-state index contributed by atoms with van der Waals surface area (Å²) in [6, 6.07) is 46.8. The van der Waals surface area contributed by atoms with Crippen molar-refractivity contribution in [2.75, 3.05) is 52.4 Å². The fraction of sp³-hybridized carbons (Fsp3) is 0.558. The van der Waals surface area contributed by atoms with Crippen molar-refractivity contribution in [3.8, 4) is 0 Å². The van der Waals surface area contributed by atoms with Gasteiger partial charge in [0.2, 0.25) is 0 Å². The van der Waals surface area contributed by atoms with Crippen LogP contribution in [0.3, 0.4) is 0 Å². The van der Waals surface area contributed by atoms with Gasteiger partial charge in [-0.05, 0) is 184 Å². The molecule has 6 fully saturated rings. The van der Waals surface area contributed by atoms with Crippen LogP contribution in [0, 0.1) is 11.8 Å². The number of piperazine rings is 1. The molecule has 4 aromatic heterocycles. The van der Waals surface area contributed by atoms with E-state index in [1.165, 1.54) is 208 Å². The minimum atomic E-state index is 0.141. The van der Waals surface area contributed by atoms with Crippen molar-refractivity contribution < 1.29 is 19.2 Å². The third-order valence-electron chi connectivity index (χ3n) is 26.1. The maximum Gasteiger partial charge on any atom is 0.161 e. The molecular formula is C95H129N9O4. The normalized spacial score (nSPS) is 22.1. The van der Waals surface area contributed by atoms with Crippen LogP contribution in [0.25, 0.3) is 43.6 Å². The Labute approximate surface area is 646 Å². The number of Topliss-reactive ketones (excluding diaryl/α,β-unsaturated/α-hetero) is 4. The number of piperidine rings is 2. The monoisotopic (exact) mass is 1460 g/mol. The van der Waals surface area contributed by atoms with Crippen molar-refractivity contribution >= 4 is 66.7 Å². The van der Waals surface area contributed by atoms with Gasteiger partial charge in [0.05, 0.1) is 0 Å². The summed E-state index contributed by atoms with van der Waals surface area (Å²) >= 11 is 0. The quantitative estimate of drug-likeness (QED) is 0.0310. The van der Waals surface area contributed by atoms with Gasteiger partial charge < -0.3 is 23.2 Å². The number of aryl methyl sites for hydroxylation is 4. The molecule has 0 spiro atoms. The number of nitrogens with zero attached hydrogens (tertiary/aromatic N) is 9. The standard InChI is InChI=1S/2C25H36N2O.C23H33N3O.C22H24N2O/c2*1-3-4-5-9-20-16-21-12-13-22(17-20)27(21)15-8-14-26-18-24(19(2)28)23-10-6-7-11-25(23)26;1-3-4-12-24-15-19-10-11-20(16-24)26(19)14-7-13-25-17-22(18(2)27)21-8-5-6-9-23(21)25;1-17(25)21-16-24(22-10-5-4-9-20(21)22)13-6-12-23-14-11-18-7-2-3-8-19(18)15-23/h2*6-7,10-11,18,20-22H,3-5,8-9,12-17H2,1-2H3;5-6,8-9,17,19-20H,3-4,7,10-16H2,1-2H3;2-5,7-10,16H,6,11-15H2,1H3/t2*20?,21-,22+;;. The Bertz CT molecular complexity index is 4260. The zero-order valence-corrected chi connectivity index (χ0v) is 67.0. The molecule has 0 N–H and O–H groups in total. The van der Waals surface area contributed by atoms with Crippen LogP contribution in [-0.2, 0) is 39.1 Å². The predicted octanol–water partition coefficient (Wildman–Crippen LogP) is 20.6. The lowest BCUT2D eigenvalue weighted by Gasteiger charge is -2.41. The third-order valence-corrected chi connectivity index (χ3v) is 26.1. The largest absolute Gasteiger partial charge is 0.347 e. The van der Waals surface area contributed by atoms with Gasteiger partial charge in [-0.15, -0.1) is 0 Å². The van der Waals surface area contributed by atoms with Gasteiger partial charge in [0.1, 0.15) is 0 Å². The van der Waals surface area contributed by atoms with Gasteiger partial charge in [-0.25, -0.2) is 0 Å². The summed E-state index contributed by atoms with van der Waals surface area (Å²) in [5.74, 6) is 2.59. The van der Waals surface area contributed by atoms with Crippen molar-refractivity contribution in [3.63, 3.8) is 0 Å². The molecule has 16 rings (SSSR count). The van der Waals surface area contributed by atoms with Crippen LogP contribution in [0.5, 0.6) is 0 Å². The number of benzene rings is 5. The summed E-state index contributed by atoms with van der Waals surface area (Å²) in [6.45, 7) is 28.2. The molecular weight excluding hydrogens is 1330 g/mol. The fourth-order valence-electron chi connectivity index (χ4n) is 20.7. The maximum absolute atomic E-state index is 12.0. The number of hydrogen-bond donors (Lipinski definition) is 0. The molecule has 7 aliphatic rings.